The van der Waals surface area contributed by atoms with Gasteiger partial charge in [-0.05, 0) is 38.6 Å². The van der Waals surface area contributed by atoms with E-state index in [1.165, 1.54) is 6.42 Å². The van der Waals surface area contributed by atoms with Gasteiger partial charge < -0.3 is 15.4 Å². The third-order valence-electron chi connectivity index (χ3n) is 3.26. The molecule has 0 aromatic heterocycles. The van der Waals surface area contributed by atoms with Crippen molar-refractivity contribution in [1.82, 2.24) is 4.90 Å². The smallest absolute Gasteiger partial charge is 0.225 e. The first-order chi connectivity index (χ1) is 8.29. The van der Waals surface area contributed by atoms with Gasteiger partial charge in [-0.25, -0.2) is 0 Å². The topological polar surface area (TPSA) is 55.6 Å². The van der Waals surface area contributed by atoms with Gasteiger partial charge in [0.05, 0.1) is 13.0 Å². The molecule has 0 aliphatic carbocycles. The second kappa shape index (κ2) is 8.48. The number of hydrogen-bond donors (Lipinski definition) is 1. The van der Waals surface area contributed by atoms with Crippen LogP contribution in [0.1, 0.15) is 45.4 Å². The number of ether oxygens (including phenoxy) is 1. The summed E-state index contributed by atoms with van der Waals surface area (Å²) in [7, 11) is 0. The molecule has 1 rings (SSSR count). The third-order valence-corrected chi connectivity index (χ3v) is 3.26. The Bertz CT molecular complexity index is 219. The number of nitrogens with two attached hydrogens (primary N) is 1. The summed E-state index contributed by atoms with van der Waals surface area (Å²) >= 11 is 0. The van der Waals surface area contributed by atoms with E-state index in [1.54, 1.807) is 0 Å². The number of rotatable bonds is 7. The summed E-state index contributed by atoms with van der Waals surface area (Å²) in [4.78, 5) is 14.1. The normalized spacial score (nSPS) is 20.6. The molecular formula is C13H26N2O2. The second-order valence-corrected chi connectivity index (χ2v) is 4.68. The van der Waals surface area contributed by atoms with Crippen LogP contribution in [-0.2, 0) is 9.53 Å². The van der Waals surface area contributed by atoms with E-state index < -0.39 is 0 Å². The molecule has 1 heterocycles. The molecule has 1 unspecified atom stereocenters. The van der Waals surface area contributed by atoms with Crippen LogP contribution in [0, 0.1) is 0 Å². The summed E-state index contributed by atoms with van der Waals surface area (Å²) in [6, 6.07) is 0.368. The standard InChI is InChI=1S/C13H26N2O2/c1-2-10-17-11-7-13(16)15-9-4-3-5-12(15)6-8-14/h12H,2-11,14H2,1H3. The molecule has 0 saturated carbocycles. The molecule has 0 spiro atoms. The van der Waals surface area contributed by atoms with Crippen molar-refractivity contribution in [2.75, 3.05) is 26.3 Å². The number of amides is 1. The van der Waals surface area contributed by atoms with Gasteiger partial charge in [0, 0.05) is 19.2 Å². The Kier molecular flexibility index (Phi) is 7.21. The average Bonchev–Trinajstić information content (AvgIpc) is 2.35. The molecule has 100 valence electrons. The van der Waals surface area contributed by atoms with E-state index in [4.69, 9.17) is 10.5 Å². The first kappa shape index (κ1) is 14.5. The number of hydrogen-bond acceptors (Lipinski definition) is 3. The Morgan fingerprint density at radius 2 is 2.24 bits per heavy atom. The molecule has 4 nitrogen and oxygen atoms in total. The van der Waals surface area contributed by atoms with E-state index in [1.807, 2.05) is 4.90 Å². The lowest BCUT2D eigenvalue weighted by Crippen LogP contribution is -2.44. The van der Waals surface area contributed by atoms with Gasteiger partial charge >= 0.3 is 0 Å². The first-order valence-electron chi connectivity index (χ1n) is 6.86. The highest BCUT2D eigenvalue weighted by Crippen LogP contribution is 2.20. The molecule has 1 aliphatic heterocycles. The molecule has 0 aromatic carbocycles. The fraction of sp³-hybridized carbons (Fsp3) is 0.923. The Labute approximate surface area is 104 Å². The van der Waals surface area contributed by atoms with Crippen LogP contribution < -0.4 is 5.73 Å². The predicted octanol–water partition coefficient (Wildman–Crippen LogP) is 1.53. The predicted molar refractivity (Wildman–Crippen MR) is 68.8 cm³/mol. The quantitative estimate of drug-likeness (QED) is 0.689. The third kappa shape index (κ3) is 5.04. The maximum atomic E-state index is 12.1. The van der Waals surface area contributed by atoms with E-state index in [0.29, 0.717) is 25.6 Å². The molecule has 0 radical (unpaired) electrons. The fourth-order valence-electron chi connectivity index (χ4n) is 2.37. The molecule has 2 N–H and O–H groups in total. The van der Waals surface area contributed by atoms with Crippen LogP contribution in [0.15, 0.2) is 0 Å². The lowest BCUT2D eigenvalue weighted by molar-refractivity contribution is -0.136. The van der Waals surface area contributed by atoms with Crippen molar-refractivity contribution in [2.45, 2.75) is 51.5 Å². The van der Waals surface area contributed by atoms with Crippen LogP contribution in [0.2, 0.25) is 0 Å². The van der Waals surface area contributed by atoms with Gasteiger partial charge in [-0.3, -0.25) is 4.79 Å². The minimum Gasteiger partial charge on any atom is -0.381 e. The minimum absolute atomic E-state index is 0.235. The van der Waals surface area contributed by atoms with Gasteiger partial charge in [0.1, 0.15) is 0 Å². The molecule has 1 amide bonds. The zero-order valence-corrected chi connectivity index (χ0v) is 11.0. The van der Waals surface area contributed by atoms with Gasteiger partial charge in [-0.15, -0.1) is 0 Å². The van der Waals surface area contributed by atoms with Gasteiger partial charge in [0.2, 0.25) is 5.91 Å². The van der Waals surface area contributed by atoms with Crippen molar-refractivity contribution in [2.24, 2.45) is 5.73 Å². The van der Waals surface area contributed by atoms with Crippen molar-refractivity contribution in [3.63, 3.8) is 0 Å². The Morgan fingerprint density at radius 3 is 2.94 bits per heavy atom. The van der Waals surface area contributed by atoms with Crippen LogP contribution >= 0.6 is 0 Å². The fourth-order valence-corrected chi connectivity index (χ4v) is 2.37. The van der Waals surface area contributed by atoms with E-state index in [-0.39, 0.29) is 5.91 Å². The summed E-state index contributed by atoms with van der Waals surface area (Å²) in [6.45, 7) is 4.94. The van der Waals surface area contributed by atoms with Crippen molar-refractivity contribution < 1.29 is 9.53 Å². The van der Waals surface area contributed by atoms with E-state index in [0.717, 1.165) is 38.8 Å². The van der Waals surface area contributed by atoms with Crippen LogP contribution in [0.5, 0.6) is 0 Å². The van der Waals surface area contributed by atoms with Gasteiger partial charge in [-0.1, -0.05) is 6.92 Å². The second-order valence-electron chi connectivity index (χ2n) is 4.68. The van der Waals surface area contributed by atoms with Crippen LogP contribution in [0.25, 0.3) is 0 Å². The summed E-state index contributed by atoms with van der Waals surface area (Å²) in [6.07, 6.45) is 5.92. The minimum atomic E-state index is 0.235. The Morgan fingerprint density at radius 1 is 1.41 bits per heavy atom. The number of piperidine rings is 1. The Hall–Kier alpha value is -0.610. The Balaban J connectivity index is 2.31. The lowest BCUT2D eigenvalue weighted by Gasteiger charge is -2.35. The zero-order valence-electron chi connectivity index (χ0n) is 11.0. The van der Waals surface area contributed by atoms with Gasteiger partial charge in [-0.2, -0.15) is 0 Å². The van der Waals surface area contributed by atoms with E-state index in [2.05, 4.69) is 6.92 Å². The highest BCUT2D eigenvalue weighted by molar-refractivity contribution is 5.76. The molecule has 1 saturated heterocycles. The monoisotopic (exact) mass is 242 g/mol. The molecule has 0 aromatic rings. The van der Waals surface area contributed by atoms with Crippen molar-refractivity contribution >= 4 is 5.91 Å². The zero-order chi connectivity index (χ0) is 12.5. The lowest BCUT2D eigenvalue weighted by atomic mass is 9.99. The average molecular weight is 242 g/mol. The molecule has 1 fully saturated rings. The van der Waals surface area contributed by atoms with Gasteiger partial charge in [0.25, 0.3) is 0 Å². The van der Waals surface area contributed by atoms with Crippen molar-refractivity contribution in [3.8, 4) is 0 Å². The number of carbonyl (C=O) groups is 1. The summed E-state index contributed by atoms with van der Waals surface area (Å²) in [5.41, 5.74) is 5.60. The van der Waals surface area contributed by atoms with Crippen LogP contribution in [0.4, 0.5) is 0 Å². The maximum absolute atomic E-state index is 12.1. The number of likely N-dealkylation sites (tertiary alicyclic amines) is 1. The first-order valence-corrected chi connectivity index (χ1v) is 6.86. The number of carbonyl (C=O) groups excluding carboxylic acids is 1. The number of nitrogens with zero attached hydrogens (tertiary/aromatic N) is 1. The maximum Gasteiger partial charge on any atom is 0.225 e. The molecule has 0 bridgehead atoms. The summed E-state index contributed by atoms with van der Waals surface area (Å²) < 4.78 is 5.37. The molecule has 1 aliphatic rings. The van der Waals surface area contributed by atoms with E-state index in [9.17, 15) is 4.79 Å². The largest absolute Gasteiger partial charge is 0.381 e. The SMILES string of the molecule is CCCOCCC(=O)N1CCCCC1CCN. The molecule has 17 heavy (non-hydrogen) atoms. The van der Waals surface area contributed by atoms with Gasteiger partial charge in [0.15, 0.2) is 0 Å². The highest BCUT2D eigenvalue weighted by atomic mass is 16.5. The molecule has 4 heteroatoms. The van der Waals surface area contributed by atoms with Crippen molar-refractivity contribution in [1.29, 1.82) is 0 Å². The summed E-state index contributed by atoms with van der Waals surface area (Å²) in [5.74, 6) is 0.235. The van der Waals surface area contributed by atoms with Crippen LogP contribution in [-0.4, -0.2) is 43.2 Å². The van der Waals surface area contributed by atoms with E-state index >= 15 is 0 Å². The van der Waals surface area contributed by atoms with Crippen LogP contribution in [0.3, 0.4) is 0 Å². The molecular weight excluding hydrogens is 216 g/mol. The molecule has 1 atom stereocenters. The highest BCUT2D eigenvalue weighted by Gasteiger charge is 2.25. The summed E-state index contributed by atoms with van der Waals surface area (Å²) in [5, 5.41) is 0. The van der Waals surface area contributed by atoms with Crippen molar-refractivity contribution in [3.05, 3.63) is 0 Å².